The summed E-state index contributed by atoms with van der Waals surface area (Å²) in [5, 5.41) is 8.04. The number of rotatable bonds is 2. The number of pyridine rings is 1. The van der Waals surface area contributed by atoms with Gasteiger partial charge in [-0.3, -0.25) is 4.98 Å². The molecule has 0 aliphatic rings. The Labute approximate surface area is 101 Å². The fourth-order valence-corrected chi connectivity index (χ4v) is 2.17. The number of aromatic nitrogens is 3. The minimum absolute atomic E-state index is 0.330. The van der Waals surface area contributed by atoms with Gasteiger partial charge in [0.15, 0.2) is 10.3 Å². The quantitative estimate of drug-likeness (QED) is 0.828. The summed E-state index contributed by atoms with van der Waals surface area (Å²) in [6.07, 6.45) is 3.43. The highest BCUT2D eigenvalue weighted by Crippen LogP contribution is 2.32. The first-order chi connectivity index (χ1) is 7.25. The third-order valence-electron chi connectivity index (χ3n) is 1.56. The third kappa shape index (κ3) is 2.81. The molecule has 2 heterocycles. The van der Waals surface area contributed by atoms with E-state index in [1.807, 2.05) is 12.1 Å². The summed E-state index contributed by atoms with van der Waals surface area (Å²) in [7, 11) is 0. The second kappa shape index (κ2) is 4.79. The van der Waals surface area contributed by atoms with E-state index in [1.165, 1.54) is 11.8 Å². The number of halogens is 2. The second-order valence-electron chi connectivity index (χ2n) is 2.61. The van der Waals surface area contributed by atoms with Crippen LogP contribution in [0, 0.1) is 0 Å². The van der Waals surface area contributed by atoms with Crippen LogP contribution in [0.3, 0.4) is 0 Å². The standard InChI is InChI=1S/C9H5Cl2N3S/c10-8-5-7(9(11)14-13-8)15-6-1-3-12-4-2-6/h1-5H. The lowest BCUT2D eigenvalue weighted by Crippen LogP contribution is -1.85. The minimum atomic E-state index is 0.330. The Morgan fingerprint density at radius 1 is 1.07 bits per heavy atom. The third-order valence-corrected chi connectivity index (χ3v) is 3.18. The summed E-state index contributed by atoms with van der Waals surface area (Å²) in [5.41, 5.74) is 0. The lowest BCUT2D eigenvalue weighted by molar-refractivity contribution is 0.998. The van der Waals surface area contributed by atoms with E-state index in [4.69, 9.17) is 23.2 Å². The molecule has 0 saturated carbocycles. The molecule has 2 aromatic heterocycles. The van der Waals surface area contributed by atoms with Crippen molar-refractivity contribution >= 4 is 35.0 Å². The van der Waals surface area contributed by atoms with Gasteiger partial charge in [-0.15, -0.1) is 10.2 Å². The van der Waals surface area contributed by atoms with E-state index in [9.17, 15) is 0 Å². The van der Waals surface area contributed by atoms with E-state index in [0.717, 1.165) is 9.79 Å². The maximum atomic E-state index is 5.88. The van der Waals surface area contributed by atoms with Crippen LogP contribution in [0.15, 0.2) is 40.4 Å². The van der Waals surface area contributed by atoms with Gasteiger partial charge in [-0.2, -0.15) is 0 Å². The molecule has 0 bridgehead atoms. The fourth-order valence-electron chi connectivity index (χ4n) is 0.942. The molecule has 2 aromatic rings. The molecule has 2 rings (SSSR count). The molecule has 0 atom stereocenters. The molecule has 0 unspecified atom stereocenters. The van der Waals surface area contributed by atoms with Crippen molar-refractivity contribution in [1.29, 1.82) is 0 Å². The molecule has 76 valence electrons. The molecule has 6 heteroatoms. The highest BCUT2D eigenvalue weighted by molar-refractivity contribution is 7.99. The Morgan fingerprint density at radius 3 is 2.53 bits per heavy atom. The summed E-state index contributed by atoms with van der Waals surface area (Å²) >= 11 is 13.1. The van der Waals surface area contributed by atoms with E-state index in [0.29, 0.717) is 10.3 Å². The zero-order valence-corrected chi connectivity index (χ0v) is 9.72. The Morgan fingerprint density at radius 2 is 1.80 bits per heavy atom. The van der Waals surface area contributed by atoms with Crippen LogP contribution in [0.25, 0.3) is 0 Å². The zero-order valence-electron chi connectivity index (χ0n) is 7.39. The molecular weight excluding hydrogens is 253 g/mol. The molecule has 15 heavy (non-hydrogen) atoms. The summed E-state index contributed by atoms with van der Waals surface area (Å²) in [6, 6.07) is 5.45. The van der Waals surface area contributed by atoms with Gasteiger partial charge in [0, 0.05) is 17.3 Å². The van der Waals surface area contributed by atoms with Gasteiger partial charge in [-0.05, 0) is 18.2 Å². The molecular formula is C9H5Cl2N3S. The average molecular weight is 258 g/mol. The maximum absolute atomic E-state index is 5.88. The van der Waals surface area contributed by atoms with E-state index >= 15 is 0 Å². The van der Waals surface area contributed by atoms with Crippen LogP contribution < -0.4 is 0 Å². The molecule has 0 radical (unpaired) electrons. The van der Waals surface area contributed by atoms with Crippen LogP contribution in [-0.2, 0) is 0 Å². The van der Waals surface area contributed by atoms with E-state index in [-0.39, 0.29) is 0 Å². The monoisotopic (exact) mass is 257 g/mol. The number of hydrogen-bond donors (Lipinski definition) is 0. The first kappa shape index (κ1) is 10.7. The Bertz CT molecular complexity index is 464. The van der Waals surface area contributed by atoms with Gasteiger partial charge in [0.2, 0.25) is 0 Å². The van der Waals surface area contributed by atoms with Crippen molar-refractivity contribution in [1.82, 2.24) is 15.2 Å². The zero-order chi connectivity index (χ0) is 10.7. The first-order valence-electron chi connectivity index (χ1n) is 4.02. The van der Waals surface area contributed by atoms with Crippen molar-refractivity contribution < 1.29 is 0 Å². The van der Waals surface area contributed by atoms with Gasteiger partial charge in [0.05, 0.1) is 4.90 Å². The molecule has 3 nitrogen and oxygen atoms in total. The predicted octanol–water partition coefficient (Wildman–Crippen LogP) is 3.33. The largest absolute Gasteiger partial charge is 0.265 e. The van der Waals surface area contributed by atoms with Crippen LogP contribution in [0.4, 0.5) is 0 Å². The lowest BCUT2D eigenvalue weighted by Gasteiger charge is -2.02. The van der Waals surface area contributed by atoms with Crippen LogP contribution in [0.2, 0.25) is 10.3 Å². The summed E-state index contributed by atoms with van der Waals surface area (Å²) in [4.78, 5) is 5.73. The lowest BCUT2D eigenvalue weighted by atomic mass is 10.5. The van der Waals surface area contributed by atoms with Crippen molar-refractivity contribution in [2.24, 2.45) is 0 Å². The molecule has 0 aliphatic heterocycles. The van der Waals surface area contributed by atoms with Gasteiger partial charge in [-0.1, -0.05) is 35.0 Å². The highest BCUT2D eigenvalue weighted by Gasteiger charge is 2.05. The highest BCUT2D eigenvalue weighted by atomic mass is 35.5. The number of hydrogen-bond acceptors (Lipinski definition) is 4. The summed E-state index contributed by atoms with van der Waals surface area (Å²) in [5.74, 6) is 0. The molecule has 0 amide bonds. The SMILES string of the molecule is Clc1cc(Sc2ccncc2)c(Cl)nn1. The molecule has 0 saturated heterocycles. The van der Waals surface area contributed by atoms with Gasteiger partial charge in [-0.25, -0.2) is 0 Å². The van der Waals surface area contributed by atoms with Gasteiger partial charge in [0.25, 0.3) is 0 Å². The van der Waals surface area contributed by atoms with Crippen LogP contribution in [-0.4, -0.2) is 15.2 Å². The van der Waals surface area contributed by atoms with Crippen LogP contribution >= 0.6 is 35.0 Å². The normalized spacial score (nSPS) is 10.3. The van der Waals surface area contributed by atoms with Crippen LogP contribution in [0.5, 0.6) is 0 Å². The minimum Gasteiger partial charge on any atom is -0.265 e. The summed E-state index contributed by atoms with van der Waals surface area (Å²) in [6.45, 7) is 0. The first-order valence-corrected chi connectivity index (χ1v) is 5.59. The Balaban J connectivity index is 2.28. The van der Waals surface area contributed by atoms with Crippen molar-refractivity contribution in [3.63, 3.8) is 0 Å². The molecule has 0 fully saturated rings. The van der Waals surface area contributed by atoms with Gasteiger partial charge in [0.1, 0.15) is 0 Å². The molecule has 0 aliphatic carbocycles. The van der Waals surface area contributed by atoms with Gasteiger partial charge < -0.3 is 0 Å². The second-order valence-corrected chi connectivity index (χ2v) is 4.47. The van der Waals surface area contributed by atoms with Crippen molar-refractivity contribution in [2.75, 3.05) is 0 Å². The smallest absolute Gasteiger partial charge is 0.165 e. The van der Waals surface area contributed by atoms with E-state index < -0.39 is 0 Å². The fraction of sp³-hybridized carbons (Fsp3) is 0. The summed E-state index contributed by atoms with van der Waals surface area (Å²) < 4.78 is 0. The van der Waals surface area contributed by atoms with Crippen LogP contribution in [0.1, 0.15) is 0 Å². The van der Waals surface area contributed by atoms with E-state index in [1.54, 1.807) is 18.5 Å². The average Bonchev–Trinajstić information content (AvgIpc) is 2.25. The van der Waals surface area contributed by atoms with Gasteiger partial charge >= 0.3 is 0 Å². The topological polar surface area (TPSA) is 38.7 Å². The van der Waals surface area contributed by atoms with Crippen molar-refractivity contribution in [3.8, 4) is 0 Å². The molecule has 0 aromatic carbocycles. The Hall–Kier alpha value is -0.840. The Kier molecular flexibility index (Phi) is 3.41. The maximum Gasteiger partial charge on any atom is 0.165 e. The number of nitrogens with zero attached hydrogens (tertiary/aromatic N) is 3. The van der Waals surface area contributed by atoms with Crippen molar-refractivity contribution in [3.05, 3.63) is 40.9 Å². The van der Waals surface area contributed by atoms with E-state index in [2.05, 4.69) is 15.2 Å². The molecule has 0 N–H and O–H groups in total. The molecule has 0 spiro atoms. The van der Waals surface area contributed by atoms with Crippen molar-refractivity contribution in [2.45, 2.75) is 9.79 Å². The predicted molar refractivity (Wildman–Crippen MR) is 60.4 cm³/mol.